The monoisotopic (exact) mass is 500 g/mol. The summed E-state index contributed by atoms with van der Waals surface area (Å²) in [5.74, 6) is 1.44. The summed E-state index contributed by atoms with van der Waals surface area (Å²) in [7, 11) is 1.63. The Balaban J connectivity index is 1.31. The van der Waals surface area contributed by atoms with E-state index in [1.54, 1.807) is 18.1 Å². The zero-order valence-electron chi connectivity index (χ0n) is 21.3. The van der Waals surface area contributed by atoms with Crippen LogP contribution in [0.4, 0.5) is 16.3 Å². The van der Waals surface area contributed by atoms with Crippen molar-refractivity contribution in [1.29, 1.82) is 0 Å². The quantitative estimate of drug-likeness (QED) is 0.473. The molecular weight excluding hydrogens is 468 g/mol. The first kappa shape index (κ1) is 25.7. The van der Waals surface area contributed by atoms with Crippen LogP contribution in [-0.2, 0) is 4.79 Å². The fraction of sp³-hybridized carbons (Fsp3) is 0.286. The second-order valence-corrected chi connectivity index (χ2v) is 8.84. The number of nitrogens with one attached hydrogen (secondary N) is 1. The van der Waals surface area contributed by atoms with Crippen molar-refractivity contribution in [2.75, 3.05) is 56.6 Å². The van der Waals surface area contributed by atoms with Gasteiger partial charge in [-0.25, -0.2) is 4.79 Å². The molecule has 0 atom stereocenters. The third-order valence-electron chi connectivity index (χ3n) is 6.24. The SMILES string of the molecule is C=CCN(CC(=O)N1CCN(c2ccc(-c3cccc(OC)c3)nn2)CC1)C(=O)Nc1ccc(C)cc1. The van der Waals surface area contributed by atoms with Crippen LogP contribution in [-0.4, -0.2) is 78.3 Å². The first-order valence-corrected chi connectivity index (χ1v) is 12.2. The molecule has 9 nitrogen and oxygen atoms in total. The molecule has 4 rings (SSSR count). The molecule has 2 aromatic carbocycles. The molecule has 1 aromatic heterocycles. The lowest BCUT2D eigenvalue weighted by Gasteiger charge is -2.36. The molecule has 0 spiro atoms. The lowest BCUT2D eigenvalue weighted by molar-refractivity contribution is -0.132. The fourth-order valence-electron chi connectivity index (χ4n) is 4.09. The van der Waals surface area contributed by atoms with Gasteiger partial charge in [0.15, 0.2) is 5.82 Å². The smallest absolute Gasteiger partial charge is 0.322 e. The van der Waals surface area contributed by atoms with Crippen LogP contribution in [0.25, 0.3) is 11.3 Å². The first-order chi connectivity index (χ1) is 18.0. The minimum Gasteiger partial charge on any atom is -0.497 e. The van der Waals surface area contributed by atoms with E-state index in [2.05, 4.69) is 27.0 Å². The summed E-state index contributed by atoms with van der Waals surface area (Å²) >= 11 is 0. The number of benzene rings is 2. The van der Waals surface area contributed by atoms with Crippen LogP contribution in [0.15, 0.2) is 73.3 Å². The van der Waals surface area contributed by atoms with Crippen LogP contribution in [0.1, 0.15) is 5.56 Å². The highest BCUT2D eigenvalue weighted by Crippen LogP contribution is 2.23. The molecule has 1 saturated heterocycles. The number of rotatable bonds is 8. The number of aromatic nitrogens is 2. The maximum atomic E-state index is 13.0. The Labute approximate surface area is 217 Å². The van der Waals surface area contributed by atoms with Gasteiger partial charge in [-0.3, -0.25) is 4.79 Å². The van der Waals surface area contributed by atoms with Crippen molar-refractivity contribution >= 4 is 23.4 Å². The minimum atomic E-state index is -0.331. The van der Waals surface area contributed by atoms with Crippen molar-refractivity contribution in [2.45, 2.75) is 6.92 Å². The Kier molecular flexibility index (Phi) is 8.35. The maximum Gasteiger partial charge on any atom is 0.322 e. The molecule has 37 heavy (non-hydrogen) atoms. The molecule has 1 aliphatic rings. The van der Waals surface area contributed by atoms with E-state index in [1.807, 2.05) is 67.6 Å². The first-order valence-electron chi connectivity index (χ1n) is 12.2. The second-order valence-electron chi connectivity index (χ2n) is 8.84. The number of methoxy groups -OCH3 is 1. The topological polar surface area (TPSA) is 90.9 Å². The molecule has 1 aliphatic heterocycles. The van der Waals surface area contributed by atoms with Crippen molar-refractivity contribution in [3.63, 3.8) is 0 Å². The van der Waals surface area contributed by atoms with E-state index in [-0.39, 0.29) is 25.0 Å². The van der Waals surface area contributed by atoms with Crippen LogP contribution >= 0.6 is 0 Å². The van der Waals surface area contributed by atoms with Gasteiger partial charge in [-0.2, -0.15) is 0 Å². The van der Waals surface area contributed by atoms with E-state index >= 15 is 0 Å². The van der Waals surface area contributed by atoms with Gasteiger partial charge in [0.1, 0.15) is 12.3 Å². The van der Waals surface area contributed by atoms with Gasteiger partial charge in [-0.1, -0.05) is 35.9 Å². The summed E-state index contributed by atoms with van der Waals surface area (Å²) < 4.78 is 5.29. The van der Waals surface area contributed by atoms with Gasteiger partial charge in [0.25, 0.3) is 0 Å². The summed E-state index contributed by atoms with van der Waals surface area (Å²) in [5.41, 5.74) is 3.49. The van der Waals surface area contributed by atoms with Gasteiger partial charge >= 0.3 is 6.03 Å². The molecule has 1 N–H and O–H groups in total. The number of ether oxygens (including phenoxy) is 1. The number of hydrogen-bond acceptors (Lipinski definition) is 6. The summed E-state index contributed by atoms with van der Waals surface area (Å²) in [4.78, 5) is 31.1. The maximum absolute atomic E-state index is 13.0. The van der Waals surface area contributed by atoms with Gasteiger partial charge in [-0.15, -0.1) is 16.8 Å². The predicted molar refractivity (Wildman–Crippen MR) is 145 cm³/mol. The van der Waals surface area contributed by atoms with E-state index in [9.17, 15) is 9.59 Å². The lowest BCUT2D eigenvalue weighted by atomic mass is 10.1. The standard InChI is InChI=1S/C28H32N6O3/c1-4-14-34(28(36)29-23-10-8-21(2)9-11-23)20-27(35)33-17-15-32(16-18-33)26-13-12-25(30-31-26)22-6-5-7-24(19-22)37-3/h4-13,19H,1,14-18,20H2,2-3H3,(H,29,36). The number of nitrogens with zero attached hydrogens (tertiary/aromatic N) is 5. The highest BCUT2D eigenvalue weighted by molar-refractivity contribution is 5.92. The molecule has 192 valence electrons. The molecule has 0 bridgehead atoms. The number of piperazine rings is 1. The predicted octanol–water partition coefficient (Wildman–Crippen LogP) is 3.83. The van der Waals surface area contributed by atoms with Crippen LogP contribution in [0.5, 0.6) is 5.75 Å². The molecular formula is C28H32N6O3. The molecule has 0 radical (unpaired) electrons. The number of carbonyl (C=O) groups excluding carboxylic acids is 2. The minimum absolute atomic E-state index is 0.0151. The Morgan fingerprint density at radius 3 is 2.46 bits per heavy atom. The van der Waals surface area contributed by atoms with Crippen molar-refractivity contribution in [2.24, 2.45) is 0 Å². The Bertz CT molecular complexity index is 1220. The summed E-state index contributed by atoms with van der Waals surface area (Å²) in [6.07, 6.45) is 1.62. The average molecular weight is 501 g/mol. The van der Waals surface area contributed by atoms with E-state index in [1.165, 1.54) is 4.90 Å². The molecule has 3 aromatic rings. The Morgan fingerprint density at radius 1 is 1.05 bits per heavy atom. The van der Waals surface area contributed by atoms with Gasteiger partial charge < -0.3 is 24.8 Å². The number of amides is 3. The van der Waals surface area contributed by atoms with E-state index in [4.69, 9.17) is 4.74 Å². The third-order valence-corrected chi connectivity index (χ3v) is 6.24. The fourth-order valence-corrected chi connectivity index (χ4v) is 4.09. The van der Waals surface area contributed by atoms with E-state index in [0.29, 0.717) is 31.9 Å². The average Bonchev–Trinajstić information content (AvgIpc) is 2.94. The molecule has 0 unspecified atom stereocenters. The van der Waals surface area contributed by atoms with Gasteiger partial charge in [0, 0.05) is 44.0 Å². The highest BCUT2D eigenvalue weighted by Gasteiger charge is 2.25. The van der Waals surface area contributed by atoms with Crippen LogP contribution in [0.3, 0.4) is 0 Å². The molecule has 0 aliphatic carbocycles. The lowest BCUT2D eigenvalue weighted by Crippen LogP contribution is -2.52. The van der Waals surface area contributed by atoms with Crippen molar-refractivity contribution in [3.8, 4) is 17.0 Å². The van der Waals surface area contributed by atoms with E-state index < -0.39 is 0 Å². The zero-order valence-corrected chi connectivity index (χ0v) is 21.3. The van der Waals surface area contributed by atoms with Crippen LogP contribution in [0, 0.1) is 6.92 Å². The van der Waals surface area contributed by atoms with Crippen molar-refractivity contribution < 1.29 is 14.3 Å². The number of carbonyl (C=O) groups is 2. The van der Waals surface area contributed by atoms with Crippen molar-refractivity contribution in [3.05, 3.63) is 78.9 Å². The zero-order chi connectivity index (χ0) is 26.2. The molecule has 9 heteroatoms. The molecule has 0 saturated carbocycles. The number of urea groups is 1. The molecule has 1 fully saturated rings. The van der Waals surface area contributed by atoms with Gasteiger partial charge in [0.2, 0.25) is 5.91 Å². The van der Waals surface area contributed by atoms with Crippen LogP contribution in [0.2, 0.25) is 0 Å². The molecule has 3 amide bonds. The van der Waals surface area contributed by atoms with Crippen LogP contribution < -0.4 is 15.0 Å². The van der Waals surface area contributed by atoms with Gasteiger partial charge in [-0.05, 0) is 43.3 Å². The summed E-state index contributed by atoms with van der Waals surface area (Å²) in [6, 6.07) is 18.8. The summed E-state index contributed by atoms with van der Waals surface area (Å²) in [6.45, 7) is 8.32. The number of anilines is 2. The summed E-state index contributed by atoms with van der Waals surface area (Å²) in [5, 5.41) is 11.6. The highest BCUT2D eigenvalue weighted by atomic mass is 16.5. The normalized spacial score (nSPS) is 13.1. The molecule has 2 heterocycles. The largest absolute Gasteiger partial charge is 0.497 e. The van der Waals surface area contributed by atoms with Gasteiger partial charge in [0.05, 0.1) is 12.8 Å². The Hall–Kier alpha value is -4.40. The third kappa shape index (κ3) is 6.63. The number of hydrogen-bond donors (Lipinski definition) is 1. The van der Waals surface area contributed by atoms with Crippen molar-refractivity contribution in [1.82, 2.24) is 20.0 Å². The number of aryl methyl sites for hydroxylation is 1. The second kappa shape index (κ2) is 12.0. The van der Waals surface area contributed by atoms with E-state index in [0.717, 1.165) is 28.4 Å². The Morgan fingerprint density at radius 2 is 1.81 bits per heavy atom.